The van der Waals surface area contributed by atoms with Crippen molar-refractivity contribution in [3.63, 3.8) is 0 Å². The first-order chi connectivity index (χ1) is 12.5. The van der Waals surface area contributed by atoms with Gasteiger partial charge < -0.3 is 11.1 Å². The molecule has 0 fully saturated rings. The van der Waals surface area contributed by atoms with Crippen molar-refractivity contribution in [2.24, 2.45) is 12.8 Å². The van der Waals surface area contributed by atoms with Gasteiger partial charge >= 0.3 is 0 Å². The number of anilines is 1. The number of nitrogens with two attached hydrogens (primary N) is 1. The van der Waals surface area contributed by atoms with Gasteiger partial charge in [-0.3, -0.25) is 9.08 Å². The van der Waals surface area contributed by atoms with Crippen LogP contribution in [0, 0.1) is 0 Å². The van der Waals surface area contributed by atoms with Crippen molar-refractivity contribution in [1.29, 1.82) is 0 Å². The zero-order valence-corrected chi connectivity index (χ0v) is 16.0. The van der Waals surface area contributed by atoms with Gasteiger partial charge in [0.25, 0.3) is 0 Å². The van der Waals surface area contributed by atoms with E-state index in [0.717, 1.165) is 33.2 Å². The van der Waals surface area contributed by atoms with Gasteiger partial charge in [-0.2, -0.15) is 5.10 Å². The van der Waals surface area contributed by atoms with Gasteiger partial charge in [0.2, 0.25) is 0 Å². The molecule has 0 saturated carbocycles. The maximum atomic E-state index is 5.75. The van der Waals surface area contributed by atoms with E-state index in [9.17, 15) is 0 Å². The lowest BCUT2D eigenvalue weighted by molar-refractivity contribution is 0.768. The van der Waals surface area contributed by atoms with Crippen LogP contribution in [0.15, 0.2) is 48.0 Å². The summed E-state index contributed by atoms with van der Waals surface area (Å²) < 4.78 is 3.81. The highest BCUT2D eigenvalue weighted by Gasteiger charge is 2.14. The van der Waals surface area contributed by atoms with Crippen LogP contribution in [0.4, 0.5) is 5.82 Å². The Hall–Kier alpha value is -2.58. The van der Waals surface area contributed by atoms with Gasteiger partial charge in [0, 0.05) is 31.4 Å². The summed E-state index contributed by atoms with van der Waals surface area (Å²) >= 11 is 1.60. The third-order valence-electron chi connectivity index (χ3n) is 3.78. The second kappa shape index (κ2) is 7.76. The van der Waals surface area contributed by atoms with E-state index in [1.54, 1.807) is 16.4 Å². The van der Waals surface area contributed by atoms with Crippen molar-refractivity contribution in [2.45, 2.75) is 13.3 Å². The first-order valence-corrected chi connectivity index (χ1v) is 9.48. The molecule has 0 unspecified atom stereocenters. The standard InChI is InChI=1S/C18H23N7S/c1-12(2)7-16(26-4)23-17-18-20-9-15(13-8-21-24(3)10-13)25(18)11-14(22-17)5-6-19/h7-11H,1,5-6,19H2,2-4H3,(H,22,23)/b16-7-. The molecule has 0 bridgehead atoms. The average molecular weight is 369 g/mol. The van der Waals surface area contributed by atoms with Crippen LogP contribution in [-0.2, 0) is 13.5 Å². The van der Waals surface area contributed by atoms with Gasteiger partial charge in [-0.25, -0.2) is 9.97 Å². The number of aromatic nitrogens is 5. The van der Waals surface area contributed by atoms with Crippen molar-refractivity contribution < 1.29 is 0 Å². The molecule has 3 rings (SSSR count). The quantitative estimate of drug-likeness (QED) is 0.623. The van der Waals surface area contributed by atoms with Crippen LogP contribution in [-0.4, -0.2) is 36.9 Å². The van der Waals surface area contributed by atoms with E-state index in [1.807, 2.05) is 55.5 Å². The summed E-state index contributed by atoms with van der Waals surface area (Å²) in [5.41, 5.74) is 10.3. The van der Waals surface area contributed by atoms with E-state index in [1.165, 1.54) is 0 Å². The van der Waals surface area contributed by atoms with E-state index < -0.39 is 0 Å². The molecule has 7 nitrogen and oxygen atoms in total. The summed E-state index contributed by atoms with van der Waals surface area (Å²) in [6.45, 7) is 6.44. The number of fused-ring (bicyclic) bond motifs is 1. The molecule has 0 aliphatic heterocycles. The fraction of sp³-hybridized carbons (Fsp3) is 0.278. The molecule has 0 atom stereocenters. The number of aryl methyl sites for hydroxylation is 1. The molecule has 8 heteroatoms. The van der Waals surface area contributed by atoms with Gasteiger partial charge in [-0.1, -0.05) is 12.2 Å². The maximum absolute atomic E-state index is 5.75. The van der Waals surface area contributed by atoms with Crippen molar-refractivity contribution in [3.8, 4) is 11.3 Å². The zero-order valence-electron chi connectivity index (χ0n) is 15.2. The molecule has 0 radical (unpaired) electrons. The molecule has 0 aromatic carbocycles. The first kappa shape index (κ1) is 18.2. The Morgan fingerprint density at radius 2 is 2.19 bits per heavy atom. The molecule has 0 amide bonds. The minimum Gasteiger partial charge on any atom is -0.332 e. The van der Waals surface area contributed by atoms with E-state index >= 15 is 0 Å². The van der Waals surface area contributed by atoms with Gasteiger partial charge in [0.1, 0.15) is 0 Å². The lowest BCUT2D eigenvalue weighted by Gasteiger charge is -2.12. The molecule has 0 aliphatic rings. The lowest BCUT2D eigenvalue weighted by atomic mass is 10.2. The Bertz CT molecular complexity index is 967. The highest BCUT2D eigenvalue weighted by molar-refractivity contribution is 8.02. The minimum atomic E-state index is 0.534. The molecule has 0 aliphatic carbocycles. The monoisotopic (exact) mass is 369 g/mol. The van der Waals surface area contributed by atoms with E-state index in [2.05, 4.69) is 22.0 Å². The van der Waals surface area contributed by atoms with Crippen molar-refractivity contribution >= 4 is 23.2 Å². The number of nitrogens with one attached hydrogen (secondary N) is 1. The second-order valence-electron chi connectivity index (χ2n) is 6.04. The summed E-state index contributed by atoms with van der Waals surface area (Å²) in [6.07, 6.45) is 12.3. The summed E-state index contributed by atoms with van der Waals surface area (Å²) in [7, 11) is 1.90. The summed E-state index contributed by atoms with van der Waals surface area (Å²) in [5, 5.41) is 8.60. The topological polar surface area (TPSA) is 86.1 Å². The van der Waals surface area contributed by atoms with Crippen molar-refractivity contribution in [1.82, 2.24) is 24.1 Å². The fourth-order valence-corrected chi connectivity index (χ4v) is 3.16. The Balaban J connectivity index is 2.13. The molecule has 3 N–H and O–H groups in total. The van der Waals surface area contributed by atoms with Crippen LogP contribution in [0.25, 0.3) is 16.9 Å². The number of hydrogen-bond acceptors (Lipinski definition) is 6. The highest BCUT2D eigenvalue weighted by atomic mass is 32.2. The van der Waals surface area contributed by atoms with Crippen LogP contribution >= 0.6 is 11.8 Å². The number of allylic oxidation sites excluding steroid dienone is 2. The van der Waals surface area contributed by atoms with Gasteiger partial charge in [-0.05, 0) is 25.8 Å². The maximum Gasteiger partial charge on any atom is 0.180 e. The second-order valence-corrected chi connectivity index (χ2v) is 6.89. The number of hydrogen-bond donors (Lipinski definition) is 2. The highest BCUT2D eigenvalue weighted by Crippen LogP contribution is 2.26. The number of rotatable bonds is 7. The summed E-state index contributed by atoms with van der Waals surface area (Å²) in [4.78, 5) is 9.30. The SMILES string of the molecule is C=C(C)/C=C(/Nc1nc(CCN)cn2c(-c3cnn(C)c3)cnc12)SC. The van der Waals surface area contributed by atoms with Gasteiger partial charge in [0.05, 0.1) is 28.8 Å². The molecule has 3 aromatic rings. The molecule has 3 heterocycles. The largest absolute Gasteiger partial charge is 0.332 e. The smallest absolute Gasteiger partial charge is 0.180 e. The lowest BCUT2D eigenvalue weighted by Crippen LogP contribution is -2.09. The van der Waals surface area contributed by atoms with Crippen LogP contribution in [0.1, 0.15) is 12.6 Å². The molecule has 0 saturated heterocycles. The van der Waals surface area contributed by atoms with Gasteiger partial charge in [-0.15, -0.1) is 11.8 Å². The Labute approximate surface area is 157 Å². The first-order valence-electron chi connectivity index (χ1n) is 8.26. The molecular weight excluding hydrogens is 346 g/mol. The summed E-state index contributed by atoms with van der Waals surface area (Å²) in [6, 6.07) is 0. The predicted molar refractivity (Wildman–Crippen MR) is 108 cm³/mol. The fourth-order valence-electron chi connectivity index (χ4n) is 2.64. The minimum absolute atomic E-state index is 0.534. The third kappa shape index (κ3) is 3.81. The third-order valence-corrected chi connectivity index (χ3v) is 4.44. The van der Waals surface area contributed by atoms with Crippen molar-refractivity contribution in [3.05, 3.63) is 53.7 Å². The van der Waals surface area contributed by atoms with Crippen LogP contribution < -0.4 is 11.1 Å². The van der Waals surface area contributed by atoms with Crippen molar-refractivity contribution in [2.75, 3.05) is 18.1 Å². The Morgan fingerprint density at radius 1 is 1.38 bits per heavy atom. The van der Waals surface area contributed by atoms with Crippen LogP contribution in [0.5, 0.6) is 0 Å². The number of nitrogens with zero attached hydrogens (tertiary/aromatic N) is 5. The van der Waals surface area contributed by atoms with E-state index in [-0.39, 0.29) is 0 Å². The zero-order chi connectivity index (χ0) is 18.7. The Morgan fingerprint density at radius 3 is 2.81 bits per heavy atom. The molecule has 3 aromatic heterocycles. The van der Waals surface area contributed by atoms with E-state index in [4.69, 9.17) is 10.7 Å². The molecule has 26 heavy (non-hydrogen) atoms. The normalized spacial score (nSPS) is 11.9. The Kier molecular flexibility index (Phi) is 5.43. The molecule has 136 valence electrons. The number of thioether (sulfide) groups is 1. The summed E-state index contributed by atoms with van der Waals surface area (Å²) in [5.74, 6) is 0.702. The van der Waals surface area contributed by atoms with Gasteiger partial charge in [0.15, 0.2) is 11.5 Å². The molecule has 0 spiro atoms. The van der Waals surface area contributed by atoms with Crippen LogP contribution in [0.2, 0.25) is 0 Å². The molecular formula is C18H23N7S. The number of imidazole rings is 1. The van der Waals surface area contributed by atoms with Crippen LogP contribution in [0.3, 0.4) is 0 Å². The predicted octanol–water partition coefficient (Wildman–Crippen LogP) is 2.82. The average Bonchev–Trinajstić information content (AvgIpc) is 3.20. The van der Waals surface area contributed by atoms with E-state index in [0.29, 0.717) is 18.8 Å².